The second kappa shape index (κ2) is 6.52. The molecule has 0 fully saturated rings. The van der Waals surface area contributed by atoms with Crippen LogP contribution in [0.15, 0.2) is 57.1 Å². The lowest BCUT2D eigenvalue weighted by Gasteiger charge is -2.08. The highest BCUT2D eigenvalue weighted by molar-refractivity contribution is 7.85. The summed E-state index contributed by atoms with van der Waals surface area (Å²) in [4.78, 5) is 11.7. The molecule has 0 aliphatic heterocycles. The van der Waals surface area contributed by atoms with Gasteiger partial charge in [-0.2, -0.15) is 13.5 Å². The van der Waals surface area contributed by atoms with E-state index >= 15 is 0 Å². The van der Waals surface area contributed by atoms with E-state index in [1.165, 1.54) is 6.07 Å². The van der Waals surface area contributed by atoms with Crippen molar-refractivity contribution in [2.75, 3.05) is 0 Å². The maximum Gasteiger partial charge on any atom is 0.328 e. The summed E-state index contributed by atoms with van der Waals surface area (Å²) < 4.78 is 35.1. The van der Waals surface area contributed by atoms with Crippen LogP contribution >= 0.6 is 0 Å². The first kappa shape index (κ1) is 15.9. The molecular formula is C13H12N2O6S. The highest BCUT2D eigenvalue weighted by Gasteiger charge is 2.16. The topological polar surface area (TPSA) is 129 Å². The van der Waals surface area contributed by atoms with E-state index in [9.17, 15) is 18.3 Å². The predicted octanol–water partition coefficient (Wildman–Crippen LogP) is 0.710. The Labute approximate surface area is 125 Å². The summed E-state index contributed by atoms with van der Waals surface area (Å²) in [5.41, 5.74) is 2.49. The molecule has 2 rings (SSSR count). The van der Waals surface area contributed by atoms with Crippen LogP contribution in [0.5, 0.6) is 0 Å². The molecule has 0 spiro atoms. The van der Waals surface area contributed by atoms with Gasteiger partial charge < -0.3 is 9.52 Å². The van der Waals surface area contributed by atoms with E-state index in [1.807, 2.05) is 0 Å². The van der Waals surface area contributed by atoms with Gasteiger partial charge in [0, 0.05) is 0 Å². The van der Waals surface area contributed by atoms with Gasteiger partial charge in [-0.1, -0.05) is 30.3 Å². The SMILES string of the molecule is O=C(N/N=C\c1ccc(S(=O)(=O)O)o1)[C@H](O)c1ccccc1. The Morgan fingerprint density at radius 1 is 1.23 bits per heavy atom. The number of nitrogens with zero attached hydrogens (tertiary/aromatic N) is 1. The summed E-state index contributed by atoms with van der Waals surface area (Å²) in [6.07, 6.45) is -0.354. The molecule has 116 valence electrons. The van der Waals surface area contributed by atoms with Gasteiger partial charge >= 0.3 is 10.1 Å². The van der Waals surface area contributed by atoms with Gasteiger partial charge in [-0.15, -0.1) is 0 Å². The molecule has 22 heavy (non-hydrogen) atoms. The molecule has 1 amide bonds. The van der Waals surface area contributed by atoms with Crippen molar-refractivity contribution >= 4 is 22.2 Å². The van der Waals surface area contributed by atoms with Gasteiger partial charge in [0.2, 0.25) is 5.09 Å². The molecule has 0 bridgehead atoms. The molecule has 2 aromatic rings. The Morgan fingerprint density at radius 2 is 1.91 bits per heavy atom. The number of hydrogen-bond donors (Lipinski definition) is 3. The van der Waals surface area contributed by atoms with Crippen LogP contribution in [0.2, 0.25) is 0 Å². The molecule has 0 aliphatic carbocycles. The van der Waals surface area contributed by atoms with Gasteiger partial charge in [0.25, 0.3) is 5.91 Å². The quantitative estimate of drug-likeness (QED) is 0.422. The number of furan rings is 1. The number of benzene rings is 1. The van der Waals surface area contributed by atoms with E-state index in [4.69, 9.17) is 8.97 Å². The molecule has 8 nitrogen and oxygen atoms in total. The summed E-state index contributed by atoms with van der Waals surface area (Å²) in [7, 11) is -4.43. The number of amides is 1. The zero-order valence-corrected chi connectivity index (χ0v) is 11.9. The van der Waals surface area contributed by atoms with Crippen molar-refractivity contribution in [1.29, 1.82) is 0 Å². The monoisotopic (exact) mass is 324 g/mol. The molecule has 0 unspecified atom stereocenters. The fraction of sp³-hybridized carbons (Fsp3) is 0.0769. The zero-order chi connectivity index (χ0) is 16.2. The minimum absolute atomic E-state index is 0.00197. The highest BCUT2D eigenvalue weighted by atomic mass is 32.2. The molecule has 1 aromatic carbocycles. The maximum absolute atomic E-state index is 11.7. The first-order chi connectivity index (χ1) is 10.4. The summed E-state index contributed by atoms with van der Waals surface area (Å²) in [6, 6.07) is 10.5. The van der Waals surface area contributed by atoms with Crippen molar-refractivity contribution in [2.45, 2.75) is 11.2 Å². The number of hydrogen-bond acceptors (Lipinski definition) is 6. The lowest BCUT2D eigenvalue weighted by atomic mass is 10.1. The lowest BCUT2D eigenvalue weighted by molar-refractivity contribution is -0.129. The number of carbonyl (C=O) groups is 1. The van der Waals surface area contributed by atoms with Crippen molar-refractivity contribution < 1.29 is 27.3 Å². The standard InChI is InChI=1S/C13H12N2O6S/c16-12(9-4-2-1-3-5-9)13(17)15-14-8-10-6-7-11(21-10)22(18,19)20/h1-8,12,16H,(H,15,17)(H,18,19,20)/b14-8-/t12-/m1/s1. The minimum atomic E-state index is -4.43. The van der Waals surface area contributed by atoms with Gasteiger partial charge in [0.1, 0.15) is 5.76 Å². The fourth-order valence-corrected chi connectivity index (χ4v) is 1.99. The summed E-state index contributed by atoms with van der Waals surface area (Å²) in [5.74, 6) is -0.758. The Balaban J connectivity index is 1.97. The molecule has 0 saturated carbocycles. The van der Waals surface area contributed by atoms with Gasteiger partial charge in [-0.25, -0.2) is 5.43 Å². The Kier molecular flexibility index (Phi) is 4.71. The van der Waals surface area contributed by atoms with Crippen LogP contribution in [0, 0.1) is 0 Å². The third-order valence-corrected chi connectivity index (χ3v) is 3.31. The molecule has 0 aliphatic rings. The molecular weight excluding hydrogens is 312 g/mol. The van der Waals surface area contributed by atoms with Crippen LogP contribution < -0.4 is 5.43 Å². The van der Waals surface area contributed by atoms with Crippen molar-refractivity contribution in [2.24, 2.45) is 5.10 Å². The maximum atomic E-state index is 11.7. The van der Waals surface area contributed by atoms with E-state index in [-0.39, 0.29) is 5.76 Å². The number of aliphatic hydroxyl groups is 1. The van der Waals surface area contributed by atoms with Crippen molar-refractivity contribution in [1.82, 2.24) is 5.43 Å². The molecule has 1 aromatic heterocycles. The molecule has 1 atom stereocenters. The van der Waals surface area contributed by atoms with Crippen LogP contribution in [0.25, 0.3) is 0 Å². The molecule has 3 N–H and O–H groups in total. The molecule has 1 heterocycles. The van der Waals surface area contributed by atoms with Crippen LogP contribution in [0.4, 0.5) is 0 Å². The Hall–Kier alpha value is -2.49. The second-order valence-electron chi connectivity index (χ2n) is 4.18. The summed E-state index contributed by atoms with van der Waals surface area (Å²) in [5, 5.41) is 12.7. The second-order valence-corrected chi connectivity index (χ2v) is 5.53. The predicted molar refractivity (Wildman–Crippen MR) is 75.7 cm³/mol. The summed E-state index contributed by atoms with van der Waals surface area (Å²) in [6.45, 7) is 0. The number of aliphatic hydroxyl groups excluding tert-OH is 1. The number of hydrazone groups is 1. The molecule has 0 saturated heterocycles. The van der Waals surface area contributed by atoms with Crippen molar-refractivity contribution in [3.8, 4) is 0 Å². The molecule has 9 heteroatoms. The first-order valence-electron chi connectivity index (χ1n) is 6.01. The normalized spacial score (nSPS) is 13.2. The number of nitrogens with one attached hydrogen (secondary N) is 1. The average Bonchev–Trinajstić information content (AvgIpc) is 2.96. The van der Waals surface area contributed by atoms with E-state index < -0.39 is 27.2 Å². The highest BCUT2D eigenvalue weighted by Crippen LogP contribution is 2.13. The third kappa shape index (κ3) is 4.01. The van der Waals surface area contributed by atoms with Gasteiger partial charge in [-0.3, -0.25) is 9.35 Å². The van der Waals surface area contributed by atoms with Crippen molar-refractivity contribution in [3.05, 3.63) is 53.8 Å². The van der Waals surface area contributed by atoms with Crippen LogP contribution in [0.3, 0.4) is 0 Å². The fourth-order valence-electron chi connectivity index (χ4n) is 1.55. The van der Waals surface area contributed by atoms with Crippen LogP contribution in [-0.2, 0) is 14.9 Å². The van der Waals surface area contributed by atoms with Crippen LogP contribution in [-0.4, -0.2) is 30.2 Å². The van der Waals surface area contributed by atoms with E-state index in [0.717, 1.165) is 12.3 Å². The molecule has 0 radical (unpaired) electrons. The third-order valence-electron chi connectivity index (χ3n) is 2.59. The van der Waals surface area contributed by atoms with Crippen molar-refractivity contribution in [3.63, 3.8) is 0 Å². The van der Waals surface area contributed by atoms with E-state index in [0.29, 0.717) is 5.56 Å². The Morgan fingerprint density at radius 3 is 2.50 bits per heavy atom. The lowest BCUT2D eigenvalue weighted by Crippen LogP contribution is -2.25. The van der Waals surface area contributed by atoms with Crippen LogP contribution in [0.1, 0.15) is 17.4 Å². The van der Waals surface area contributed by atoms with E-state index in [2.05, 4.69) is 10.5 Å². The minimum Gasteiger partial charge on any atom is -0.441 e. The van der Waals surface area contributed by atoms with Gasteiger partial charge in [-0.05, 0) is 17.7 Å². The zero-order valence-electron chi connectivity index (χ0n) is 11.1. The summed E-state index contributed by atoms with van der Waals surface area (Å²) >= 11 is 0. The van der Waals surface area contributed by atoms with E-state index in [1.54, 1.807) is 30.3 Å². The smallest absolute Gasteiger partial charge is 0.328 e. The largest absolute Gasteiger partial charge is 0.441 e. The van der Waals surface area contributed by atoms with Gasteiger partial charge in [0.15, 0.2) is 6.10 Å². The number of carbonyl (C=O) groups excluding carboxylic acids is 1. The number of rotatable bonds is 5. The average molecular weight is 324 g/mol. The Bertz CT molecular complexity index is 782. The van der Waals surface area contributed by atoms with Gasteiger partial charge in [0.05, 0.1) is 6.21 Å². The first-order valence-corrected chi connectivity index (χ1v) is 7.45.